The molecule has 0 saturated heterocycles. The van der Waals surface area contributed by atoms with Crippen molar-refractivity contribution < 1.29 is 12.8 Å². The maximum atomic E-state index is 12.6. The Bertz CT molecular complexity index is 534. The Morgan fingerprint density at radius 3 is 2.58 bits per heavy atom. The minimum absolute atomic E-state index is 0.186. The monoisotopic (exact) mass is 305 g/mol. The van der Waals surface area contributed by atoms with Crippen molar-refractivity contribution in [1.29, 1.82) is 0 Å². The number of hydrogen-bond acceptors (Lipinski definition) is 3. The zero-order valence-corrected chi connectivity index (χ0v) is 12.9. The van der Waals surface area contributed by atoms with Gasteiger partial charge in [0.1, 0.15) is 16.4 Å². The van der Waals surface area contributed by atoms with Crippen LogP contribution in [0, 0.1) is 12.8 Å². The van der Waals surface area contributed by atoms with Crippen molar-refractivity contribution in [1.82, 2.24) is 4.31 Å². The van der Waals surface area contributed by atoms with Crippen LogP contribution >= 0.6 is 11.6 Å². The maximum absolute atomic E-state index is 12.6. The molecule has 1 aliphatic rings. The quantitative estimate of drug-likeness (QED) is 0.759. The second-order valence-corrected chi connectivity index (χ2v) is 7.19. The molecule has 0 unspecified atom stereocenters. The highest BCUT2D eigenvalue weighted by molar-refractivity contribution is 7.89. The SMILES string of the molecule is CCN(CC1CCC1)S(=O)(=O)c1cc(CCl)oc1C. The third-order valence-corrected chi connectivity index (χ3v) is 6.02. The van der Waals surface area contributed by atoms with Gasteiger partial charge in [-0.15, -0.1) is 11.6 Å². The predicted molar refractivity (Wildman–Crippen MR) is 74.8 cm³/mol. The van der Waals surface area contributed by atoms with Crippen LogP contribution in [0.5, 0.6) is 0 Å². The average molecular weight is 306 g/mol. The van der Waals surface area contributed by atoms with Crippen LogP contribution in [0.15, 0.2) is 15.4 Å². The van der Waals surface area contributed by atoms with Gasteiger partial charge < -0.3 is 4.42 Å². The molecule has 0 atom stereocenters. The van der Waals surface area contributed by atoms with Crippen LogP contribution in [-0.4, -0.2) is 25.8 Å². The fourth-order valence-electron chi connectivity index (χ4n) is 2.35. The van der Waals surface area contributed by atoms with Gasteiger partial charge in [0.05, 0.1) is 5.88 Å². The Labute approximate surface area is 119 Å². The van der Waals surface area contributed by atoms with Crippen molar-refractivity contribution in [2.45, 2.75) is 43.9 Å². The number of sulfonamides is 1. The van der Waals surface area contributed by atoms with Crippen molar-refractivity contribution in [3.8, 4) is 0 Å². The van der Waals surface area contributed by atoms with Crippen molar-refractivity contribution in [2.75, 3.05) is 13.1 Å². The minimum Gasteiger partial charge on any atom is -0.464 e. The van der Waals surface area contributed by atoms with Gasteiger partial charge in [-0.3, -0.25) is 0 Å². The highest BCUT2D eigenvalue weighted by Gasteiger charge is 2.31. The fourth-order valence-corrected chi connectivity index (χ4v) is 4.19. The van der Waals surface area contributed by atoms with Gasteiger partial charge in [-0.2, -0.15) is 4.31 Å². The number of halogens is 1. The van der Waals surface area contributed by atoms with Crippen LogP contribution in [0.4, 0.5) is 0 Å². The summed E-state index contributed by atoms with van der Waals surface area (Å²) in [4.78, 5) is 0.254. The number of furan rings is 1. The number of nitrogens with zero attached hydrogens (tertiary/aromatic N) is 1. The molecule has 1 aliphatic carbocycles. The van der Waals surface area contributed by atoms with E-state index in [0.717, 1.165) is 12.8 Å². The standard InChI is InChI=1S/C13H20ClNO3S/c1-3-15(9-11-5-4-6-11)19(16,17)13-7-12(8-14)18-10(13)2/h7,11H,3-6,8-9H2,1-2H3. The topological polar surface area (TPSA) is 50.5 Å². The maximum Gasteiger partial charge on any atom is 0.246 e. The highest BCUT2D eigenvalue weighted by atomic mass is 35.5. The molecule has 108 valence electrons. The first-order valence-electron chi connectivity index (χ1n) is 6.64. The molecule has 0 spiro atoms. The summed E-state index contributed by atoms with van der Waals surface area (Å²) in [6.45, 7) is 4.63. The Morgan fingerprint density at radius 1 is 1.47 bits per heavy atom. The first-order valence-corrected chi connectivity index (χ1v) is 8.62. The highest BCUT2D eigenvalue weighted by Crippen LogP contribution is 2.30. The van der Waals surface area contributed by atoms with Crippen LogP contribution < -0.4 is 0 Å². The summed E-state index contributed by atoms with van der Waals surface area (Å²) in [6, 6.07) is 1.54. The van der Waals surface area contributed by atoms with E-state index in [9.17, 15) is 8.42 Å². The lowest BCUT2D eigenvalue weighted by Gasteiger charge is -2.31. The molecule has 0 bridgehead atoms. The van der Waals surface area contributed by atoms with E-state index in [4.69, 9.17) is 16.0 Å². The second kappa shape index (κ2) is 5.85. The summed E-state index contributed by atoms with van der Waals surface area (Å²) in [5, 5.41) is 0. The van der Waals surface area contributed by atoms with E-state index in [1.54, 1.807) is 17.3 Å². The molecular formula is C13H20ClNO3S. The number of hydrogen-bond donors (Lipinski definition) is 0. The van der Waals surface area contributed by atoms with Gasteiger partial charge in [0.25, 0.3) is 0 Å². The van der Waals surface area contributed by atoms with E-state index >= 15 is 0 Å². The van der Waals surface area contributed by atoms with Crippen LogP contribution in [0.3, 0.4) is 0 Å². The van der Waals surface area contributed by atoms with Gasteiger partial charge in [0.15, 0.2) is 0 Å². The summed E-state index contributed by atoms with van der Waals surface area (Å²) in [7, 11) is -3.46. The fraction of sp³-hybridized carbons (Fsp3) is 0.692. The van der Waals surface area contributed by atoms with E-state index in [-0.39, 0.29) is 10.8 Å². The van der Waals surface area contributed by atoms with Gasteiger partial charge in [-0.1, -0.05) is 13.3 Å². The van der Waals surface area contributed by atoms with Crippen LogP contribution in [0.2, 0.25) is 0 Å². The Morgan fingerprint density at radius 2 is 2.16 bits per heavy atom. The molecule has 19 heavy (non-hydrogen) atoms. The van der Waals surface area contributed by atoms with E-state index in [2.05, 4.69) is 0 Å². The lowest BCUT2D eigenvalue weighted by molar-refractivity contribution is 0.249. The van der Waals surface area contributed by atoms with Gasteiger partial charge in [0, 0.05) is 19.2 Å². The molecule has 1 aromatic heterocycles. The van der Waals surface area contributed by atoms with Crippen molar-refractivity contribution >= 4 is 21.6 Å². The zero-order valence-electron chi connectivity index (χ0n) is 11.4. The second-order valence-electron chi connectivity index (χ2n) is 5.02. The molecule has 1 heterocycles. The predicted octanol–water partition coefficient (Wildman–Crippen LogP) is 3.14. The molecule has 0 radical (unpaired) electrons. The molecule has 1 aromatic rings. The first kappa shape index (κ1) is 14.9. The molecule has 1 saturated carbocycles. The number of rotatable bonds is 6. The lowest BCUT2D eigenvalue weighted by Crippen LogP contribution is -2.37. The zero-order chi connectivity index (χ0) is 14.0. The summed E-state index contributed by atoms with van der Waals surface area (Å²) in [6.07, 6.45) is 3.47. The van der Waals surface area contributed by atoms with Gasteiger partial charge >= 0.3 is 0 Å². The molecule has 6 heteroatoms. The van der Waals surface area contributed by atoms with Crippen LogP contribution in [0.1, 0.15) is 37.7 Å². The van der Waals surface area contributed by atoms with E-state index in [0.29, 0.717) is 30.5 Å². The Kier molecular flexibility index (Phi) is 4.58. The van der Waals surface area contributed by atoms with Crippen molar-refractivity contribution in [3.05, 3.63) is 17.6 Å². The molecule has 1 fully saturated rings. The molecular weight excluding hydrogens is 286 g/mol. The summed E-state index contributed by atoms with van der Waals surface area (Å²) < 4.78 is 32.1. The summed E-state index contributed by atoms with van der Waals surface area (Å²) >= 11 is 5.69. The van der Waals surface area contributed by atoms with E-state index in [1.165, 1.54) is 6.42 Å². The third-order valence-electron chi connectivity index (χ3n) is 3.71. The molecule has 4 nitrogen and oxygen atoms in total. The Hall–Kier alpha value is -0.520. The third kappa shape index (κ3) is 2.98. The average Bonchev–Trinajstić information content (AvgIpc) is 2.69. The van der Waals surface area contributed by atoms with E-state index in [1.807, 2.05) is 6.92 Å². The molecule has 2 rings (SSSR count). The van der Waals surface area contributed by atoms with Crippen LogP contribution in [-0.2, 0) is 15.9 Å². The number of aryl methyl sites for hydroxylation is 1. The normalized spacial score (nSPS) is 16.8. The first-order chi connectivity index (χ1) is 8.98. The molecule has 0 amide bonds. The lowest BCUT2D eigenvalue weighted by atomic mass is 9.85. The minimum atomic E-state index is -3.46. The van der Waals surface area contributed by atoms with Crippen molar-refractivity contribution in [2.24, 2.45) is 5.92 Å². The summed E-state index contributed by atoms with van der Waals surface area (Å²) in [5.41, 5.74) is 0. The van der Waals surface area contributed by atoms with Crippen LogP contribution in [0.25, 0.3) is 0 Å². The Balaban J connectivity index is 2.24. The molecule has 0 aromatic carbocycles. The largest absolute Gasteiger partial charge is 0.464 e. The van der Waals surface area contributed by atoms with Crippen molar-refractivity contribution in [3.63, 3.8) is 0 Å². The van der Waals surface area contributed by atoms with Gasteiger partial charge in [0.2, 0.25) is 10.0 Å². The summed E-state index contributed by atoms with van der Waals surface area (Å²) in [5.74, 6) is 1.61. The smallest absolute Gasteiger partial charge is 0.246 e. The van der Waals surface area contributed by atoms with Gasteiger partial charge in [-0.25, -0.2) is 8.42 Å². The molecule has 0 aliphatic heterocycles. The molecule has 0 N–H and O–H groups in total. The number of alkyl halides is 1. The van der Waals surface area contributed by atoms with Gasteiger partial charge in [-0.05, 0) is 25.7 Å². The van der Waals surface area contributed by atoms with E-state index < -0.39 is 10.0 Å².